The van der Waals surface area contributed by atoms with E-state index in [2.05, 4.69) is 12.2 Å². The first-order valence-corrected chi connectivity index (χ1v) is 14.1. The zero-order chi connectivity index (χ0) is 25.2. The number of carboxylic acids is 1. The van der Waals surface area contributed by atoms with Crippen molar-refractivity contribution >= 4 is 17.8 Å². The molecule has 2 N–H and O–H groups in total. The molecule has 1 rings (SSSR count). The Kier molecular flexibility index (Phi) is 16.7. The summed E-state index contributed by atoms with van der Waals surface area (Å²) >= 11 is 0. The molecule has 0 bridgehead atoms. The fourth-order valence-corrected chi connectivity index (χ4v) is 5.22. The quantitative estimate of drug-likeness (QED) is 0.103. The number of carbonyl (C=O) groups excluding carboxylic acids is 2. The molecule has 198 valence electrons. The second kappa shape index (κ2) is 18.7. The maximum Gasteiger partial charge on any atom is 0.316 e. The molecule has 1 aliphatic rings. The van der Waals surface area contributed by atoms with Crippen LogP contribution >= 0.6 is 0 Å². The van der Waals surface area contributed by atoms with Crippen LogP contribution in [-0.2, 0) is 19.1 Å². The van der Waals surface area contributed by atoms with Crippen LogP contribution < -0.4 is 5.32 Å². The van der Waals surface area contributed by atoms with E-state index in [0.717, 1.165) is 19.3 Å². The molecule has 0 aliphatic carbocycles. The maximum atomic E-state index is 12.3. The molecule has 0 aromatic heterocycles. The van der Waals surface area contributed by atoms with Gasteiger partial charge in [-0.15, -0.1) is 0 Å². The lowest BCUT2D eigenvalue weighted by Gasteiger charge is -2.37. The fourth-order valence-electron chi connectivity index (χ4n) is 5.22. The van der Waals surface area contributed by atoms with Crippen LogP contribution in [0, 0.1) is 17.8 Å². The highest BCUT2D eigenvalue weighted by molar-refractivity contribution is 5.97. The minimum absolute atomic E-state index is 0.164. The van der Waals surface area contributed by atoms with E-state index in [1.54, 1.807) is 0 Å². The predicted molar refractivity (Wildman–Crippen MR) is 137 cm³/mol. The van der Waals surface area contributed by atoms with Gasteiger partial charge in [-0.1, -0.05) is 110 Å². The van der Waals surface area contributed by atoms with Crippen molar-refractivity contribution in [2.45, 2.75) is 136 Å². The smallest absolute Gasteiger partial charge is 0.316 e. The molecule has 6 heteroatoms. The minimum atomic E-state index is -1.09. The van der Waals surface area contributed by atoms with Crippen LogP contribution in [-0.4, -0.2) is 36.1 Å². The van der Waals surface area contributed by atoms with Gasteiger partial charge in [-0.2, -0.15) is 0 Å². The number of amides is 1. The number of carbonyl (C=O) groups is 3. The lowest BCUT2D eigenvalue weighted by molar-refractivity contribution is -0.187. The Balaban J connectivity index is 2.22. The Labute approximate surface area is 208 Å². The van der Waals surface area contributed by atoms with Crippen LogP contribution in [0.1, 0.15) is 129 Å². The zero-order valence-corrected chi connectivity index (χ0v) is 22.1. The van der Waals surface area contributed by atoms with Gasteiger partial charge >= 0.3 is 11.9 Å². The van der Waals surface area contributed by atoms with Crippen LogP contribution in [0.3, 0.4) is 0 Å². The number of nitrogens with one attached hydrogen (secondary N) is 1. The molecule has 1 heterocycles. The summed E-state index contributed by atoms with van der Waals surface area (Å²) in [4.78, 5) is 35.7. The summed E-state index contributed by atoms with van der Waals surface area (Å²) in [6, 6.07) is 0. The van der Waals surface area contributed by atoms with Gasteiger partial charge in [-0.05, 0) is 25.2 Å². The number of esters is 1. The van der Waals surface area contributed by atoms with E-state index >= 15 is 0 Å². The SMILES string of the molecule is CCCCCCCCCCCCCCCCCC(C[C@@H]1OC(=O)[C@H]1CC)[C@H](C(=O)O)C(=O)NC. The first-order valence-electron chi connectivity index (χ1n) is 14.1. The van der Waals surface area contributed by atoms with Crippen molar-refractivity contribution < 1.29 is 24.2 Å². The third-order valence-corrected chi connectivity index (χ3v) is 7.44. The summed E-state index contributed by atoms with van der Waals surface area (Å²) in [6.07, 6.45) is 20.8. The molecular weight excluding hydrogens is 430 g/mol. The fraction of sp³-hybridized carbons (Fsp3) is 0.893. The summed E-state index contributed by atoms with van der Waals surface area (Å²) in [5, 5.41) is 12.2. The summed E-state index contributed by atoms with van der Waals surface area (Å²) < 4.78 is 5.28. The molecular formula is C28H51NO5. The lowest BCUT2D eigenvalue weighted by atomic mass is 9.78. The molecule has 1 unspecified atom stereocenters. The van der Waals surface area contributed by atoms with Crippen LogP contribution in [0.15, 0.2) is 0 Å². The molecule has 0 saturated carbocycles. The minimum Gasteiger partial charge on any atom is -0.481 e. The number of aliphatic carboxylic acids is 1. The standard InChI is InChI=1S/C28H51NO5/c1-4-6-7-8-9-10-11-12-13-14-15-16-17-18-19-20-22(25(27(31)32)26(30)29-3)21-24-23(5-2)28(33)34-24/h22-25H,4-21H2,1-3H3,(H,29,30)(H,31,32)/t22?,23-,24-,25-/m0/s1. The lowest BCUT2D eigenvalue weighted by Crippen LogP contribution is -2.48. The monoisotopic (exact) mass is 481 g/mol. The first-order chi connectivity index (χ1) is 16.5. The topological polar surface area (TPSA) is 92.7 Å². The van der Waals surface area contributed by atoms with Crippen molar-refractivity contribution in [3.63, 3.8) is 0 Å². The van der Waals surface area contributed by atoms with Gasteiger partial charge in [0, 0.05) is 7.05 Å². The van der Waals surface area contributed by atoms with E-state index < -0.39 is 17.8 Å². The molecule has 34 heavy (non-hydrogen) atoms. The average molecular weight is 482 g/mol. The van der Waals surface area contributed by atoms with Crippen molar-refractivity contribution in [3.8, 4) is 0 Å². The molecule has 0 aromatic carbocycles. The Morgan fingerprint density at radius 3 is 1.71 bits per heavy atom. The van der Waals surface area contributed by atoms with Crippen molar-refractivity contribution in [2.75, 3.05) is 7.05 Å². The van der Waals surface area contributed by atoms with Gasteiger partial charge in [-0.25, -0.2) is 0 Å². The van der Waals surface area contributed by atoms with Gasteiger partial charge in [0.05, 0.1) is 5.92 Å². The van der Waals surface area contributed by atoms with E-state index in [1.807, 2.05) is 6.92 Å². The third kappa shape index (κ3) is 11.7. The molecule has 0 aromatic rings. The maximum absolute atomic E-state index is 12.3. The van der Waals surface area contributed by atoms with E-state index in [1.165, 1.54) is 84.1 Å². The summed E-state index contributed by atoms with van der Waals surface area (Å²) in [5.74, 6) is -3.33. The van der Waals surface area contributed by atoms with E-state index in [-0.39, 0.29) is 23.9 Å². The normalized spacial score (nSPS) is 19.2. The van der Waals surface area contributed by atoms with Gasteiger partial charge in [0.1, 0.15) is 12.0 Å². The number of ether oxygens (including phenoxy) is 1. The van der Waals surface area contributed by atoms with Crippen molar-refractivity contribution in [3.05, 3.63) is 0 Å². The van der Waals surface area contributed by atoms with Crippen LogP contribution in [0.4, 0.5) is 0 Å². The highest BCUT2D eigenvalue weighted by Gasteiger charge is 2.45. The van der Waals surface area contributed by atoms with Gasteiger partial charge < -0.3 is 15.2 Å². The Morgan fingerprint density at radius 1 is 0.853 bits per heavy atom. The number of hydrogen-bond donors (Lipinski definition) is 2. The molecule has 1 aliphatic heterocycles. The van der Waals surface area contributed by atoms with Gasteiger partial charge in [0.15, 0.2) is 0 Å². The number of carboxylic acid groups (broad SMARTS) is 1. The highest BCUT2D eigenvalue weighted by atomic mass is 16.6. The van der Waals surface area contributed by atoms with E-state index in [9.17, 15) is 19.5 Å². The molecule has 0 radical (unpaired) electrons. The van der Waals surface area contributed by atoms with Crippen molar-refractivity contribution in [1.29, 1.82) is 0 Å². The number of rotatable bonds is 22. The van der Waals surface area contributed by atoms with Crippen molar-refractivity contribution in [2.24, 2.45) is 17.8 Å². The molecule has 6 nitrogen and oxygen atoms in total. The Morgan fingerprint density at radius 2 is 1.32 bits per heavy atom. The molecule has 0 spiro atoms. The van der Waals surface area contributed by atoms with Crippen molar-refractivity contribution in [1.82, 2.24) is 5.32 Å². The Hall–Kier alpha value is -1.59. The summed E-state index contributed by atoms with van der Waals surface area (Å²) in [6.45, 7) is 4.20. The molecule has 1 fully saturated rings. The van der Waals surface area contributed by atoms with E-state index in [4.69, 9.17) is 4.74 Å². The van der Waals surface area contributed by atoms with Crippen LogP contribution in [0.2, 0.25) is 0 Å². The van der Waals surface area contributed by atoms with Crippen LogP contribution in [0.5, 0.6) is 0 Å². The first kappa shape index (κ1) is 30.4. The predicted octanol–water partition coefficient (Wildman–Crippen LogP) is 6.65. The van der Waals surface area contributed by atoms with Crippen LogP contribution in [0.25, 0.3) is 0 Å². The molecule has 1 amide bonds. The van der Waals surface area contributed by atoms with Gasteiger partial charge in [0.25, 0.3) is 0 Å². The second-order valence-corrected chi connectivity index (χ2v) is 10.2. The molecule has 1 saturated heterocycles. The molecule has 4 atom stereocenters. The van der Waals surface area contributed by atoms with Gasteiger partial charge in [-0.3, -0.25) is 14.4 Å². The van der Waals surface area contributed by atoms with E-state index in [0.29, 0.717) is 19.3 Å². The average Bonchev–Trinajstić information content (AvgIpc) is 2.80. The zero-order valence-electron chi connectivity index (χ0n) is 22.1. The van der Waals surface area contributed by atoms with Gasteiger partial charge in [0.2, 0.25) is 5.91 Å². The number of cyclic esters (lactones) is 1. The largest absolute Gasteiger partial charge is 0.481 e. The Bertz CT molecular complexity index is 579. The number of hydrogen-bond acceptors (Lipinski definition) is 4. The summed E-state index contributed by atoms with van der Waals surface area (Å²) in [5.41, 5.74) is 0. The second-order valence-electron chi connectivity index (χ2n) is 10.2. The highest BCUT2D eigenvalue weighted by Crippen LogP contribution is 2.35. The summed E-state index contributed by atoms with van der Waals surface area (Å²) in [7, 11) is 1.47. The third-order valence-electron chi connectivity index (χ3n) is 7.44. The number of unbranched alkanes of at least 4 members (excludes halogenated alkanes) is 14.